The van der Waals surface area contributed by atoms with Gasteiger partial charge in [0.25, 0.3) is 0 Å². The average molecular weight is 218 g/mol. The van der Waals surface area contributed by atoms with Crippen LogP contribution in [-0.4, -0.2) is 16.5 Å². The second-order valence-electron chi connectivity index (χ2n) is 2.46. The number of hydrogen-bond acceptors (Lipinski definition) is 4. The molecule has 1 aromatic rings. The van der Waals surface area contributed by atoms with E-state index in [0.717, 1.165) is 12.1 Å². The van der Waals surface area contributed by atoms with E-state index in [9.17, 15) is 13.2 Å². The Labute approximate surface area is 82.5 Å². The molecule has 0 saturated carbocycles. The first-order valence-corrected chi connectivity index (χ1v) is 3.73. The van der Waals surface area contributed by atoms with E-state index in [1.54, 1.807) is 6.07 Å². The highest BCUT2D eigenvalue weighted by molar-refractivity contribution is 5.33. The van der Waals surface area contributed by atoms with Crippen molar-refractivity contribution in [2.24, 2.45) is 0 Å². The predicted octanol–water partition coefficient (Wildman–Crippen LogP) is 1.34. The van der Waals surface area contributed by atoms with Crippen LogP contribution in [0.1, 0.15) is 11.4 Å². The van der Waals surface area contributed by atoms with Gasteiger partial charge in [0.15, 0.2) is 5.75 Å². The third kappa shape index (κ3) is 3.11. The quantitative estimate of drug-likeness (QED) is 0.813. The fraction of sp³-hybridized carbons (Fsp3) is 0.250. The van der Waals surface area contributed by atoms with Crippen molar-refractivity contribution < 1.29 is 23.0 Å². The summed E-state index contributed by atoms with van der Waals surface area (Å²) >= 11 is 0. The van der Waals surface area contributed by atoms with Crippen molar-refractivity contribution in [1.82, 2.24) is 4.98 Å². The van der Waals surface area contributed by atoms with Gasteiger partial charge in [0.1, 0.15) is 17.5 Å². The maximum atomic E-state index is 11.8. The molecule has 4 nitrogen and oxygen atoms in total. The van der Waals surface area contributed by atoms with Crippen LogP contribution in [0.3, 0.4) is 0 Å². The van der Waals surface area contributed by atoms with E-state index in [1.807, 2.05) is 0 Å². The summed E-state index contributed by atoms with van der Waals surface area (Å²) in [5.74, 6) is -0.607. The fourth-order valence-electron chi connectivity index (χ4n) is 0.882. The van der Waals surface area contributed by atoms with E-state index in [1.165, 1.54) is 0 Å². The Kier molecular flexibility index (Phi) is 3.11. The van der Waals surface area contributed by atoms with E-state index >= 15 is 0 Å². The van der Waals surface area contributed by atoms with Gasteiger partial charge in [-0.25, -0.2) is 4.98 Å². The average Bonchev–Trinajstić information content (AvgIpc) is 2.16. The molecular weight excluding hydrogens is 213 g/mol. The summed E-state index contributed by atoms with van der Waals surface area (Å²) < 4.78 is 39.1. The first-order valence-electron chi connectivity index (χ1n) is 3.73. The number of nitriles is 1. The van der Waals surface area contributed by atoms with E-state index < -0.39 is 18.7 Å². The van der Waals surface area contributed by atoms with Gasteiger partial charge in [-0.15, -0.1) is 13.2 Å². The maximum absolute atomic E-state index is 11.8. The lowest BCUT2D eigenvalue weighted by atomic mass is 10.3. The first kappa shape index (κ1) is 11.3. The van der Waals surface area contributed by atoms with Crippen LogP contribution in [0.4, 0.5) is 13.2 Å². The van der Waals surface area contributed by atoms with Gasteiger partial charge in [-0.1, -0.05) is 0 Å². The normalized spacial score (nSPS) is 10.9. The maximum Gasteiger partial charge on any atom is 0.573 e. The number of hydrogen-bond donors (Lipinski definition) is 1. The molecule has 7 heteroatoms. The van der Waals surface area contributed by atoms with Crippen molar-refractivity contribution in [2.45, 2.75) is 13.0 Å². The molecule has 0 radical (unpaired) electrons. The molecule has 1 aromatic heterocycles. The van der Waals surface area contributed by atoms with Crippen LogP contribution in [0.2, 0.25) is 0 Å². The second-order valence-corrected chi connectivity index (χ2v) is 2.46. The van der Waals surface area contributed by atoms with Crippen molar-refractivity contribution in [2.75, 3.05) is 0 Å². The summed E-state index contributed by atoms with van der Waals surface area (Å²) in [6, 6.07) is 3.64. The van der Waals surface area contributed by atoms with E-state index in [0.29, 0.717) is 0 Å². The molecule has 0 spiro atoms. The van der Waals surface area contributed by atoms with Crippen LogP contribution >= 0.6 is 0 Å². The van der Waals surface area contributed by atoms with Gasteiger partial charge in [-0.3, -0.25) is 0 Å². The van der Waals surface area contributed by atoms with Crippen molar-refractivity contribution in [3.8, 4) is 11.8 Å². The molecular formula is C8H5F3N2O2. The summed E-state index contributed by atoms with van der Waals surface area (Å²) in [6.07, 6.45) is -4.85. The monoisotopic (exact) mass is 218 g/mol. The standard InChI is InChI=1S/C8H5F3N2O2/c9-8(10,11)15-7-2-1-5(3-12)13-6(7)4-14/h1-2,14H,4H2. The zero-order valence-electron chi connectivity index (χ0n) is 7.25. The SMILES string of the molecule is N#Cc1ccc(OC(F)(F)F)c(CO)n1. The molecule has 0 saturated heterocycles. The Morgan fingerprint density at radius 1 is 1.47 bits per heavy atom. The Morgan fingerprint density at radius 3 is 2.60 bits per heavy atom. The third-order valence-corrected chi connectivity index (χ3v) is 1.42. The summed E-state index contributed by atoms with van der Waals surface area (Å²) in [5.41, 5.74) is -0.417. The number of ether oxygens (including phenoxy) is 1. The second kappa shape index (κ2) is 4.14. The van der Waals surface area contributed by atoms with Gasteiger partial charge in [0.2, 0.25) is 0 Å². The highest BCUT2D eigenvalue weighted by Crippen LogP contribution is 2.25. The lowest BCUT2D eigenvalue weighted by Gasteiger charge is -2.11. The summed E-state index contributed by atoms with van der Waals surface area (Å²) in [5, 5.41) is 17.1. The van der Waals surface area contributed by atoms with Crippen LogP contribution in [0.25, 0.3) is 0 Å². The minimum atomic E-state index is -4.85. The molecule has 0 fully saturated rings. The molecule has 0 bridgehead atoms. The number of aromatic nitrogens is 1. The zero-order chi connectivity index (χ0) is 11.5. The van der Waals surface area contributed by atoms with E-state index in [4.69, 9.17) is 10.4 Å². The Bertz CT molecular complexity index is 398. The molecule has 0 aliphatic heterocycles. The smallest absolute Gasteiger partial charge is 0.404 e. The Balaban J connectivity index is 3.04. The van der Waals surface area contributed by atoms with Gasteiger partial charge in [-0.2, -0.15) is 5.26 Å². The number of nitrogens with zero attached hydrogens (tertiary/aromatic N) is 2. The summed E-state index contributed by atoms with van der Waals surface area (Å²) in [4.78, 5) is 3.46. The molecule has 0 aliphatic carbocycles. The molecule has 0 atom stereocenters. The van der Waals surface area contributed by atoms with Crippen LogP contribution in [0, 0.1) is 11.3 Å². The number of rotatable bonds is 2. The number of pyridine rings is 1. The molecule has 0 unspecified atom stereocenters. The van der Waals surface area contributed by atoms with Crippen LogP contribution in [0.5, 0.6) is 5.75 Å². The van der Waals surface area contributed by atoms with E-state index in [-0.39, 0.29) is 11.4 Å². The number of aliphatic hydroxyl groups is 1. The minimum Gasteiger partial charge on any atom is -0.404 e. The van der Waals surface area contributed by atoms with Crippen LogP contribution < -0.4 is 4.74 Å². The molecule has 1 heterocycles. The summed E-state index contributed by atoms with van der Waals surface area (Å²) in [7, 11) is 0. The lowest BCUT2D eigenvalue weighted by molar-refractivity contribution is -0.275. The largest absolute Gasteiger partial charge is 0.573 e. The molecule has 1 N–H and O–H groups in total. The highest BCUT2D eigenvalue weighted by Gasteiger charge is 2.32. The molecule has 15 heavy (non-hydrogen) atoms. The Hall–Kier alpha value is -1.81. The fourth-order valence-corrected chi connectivity index (χ4v) is 0.882. The highest BCUT2D eigenvalue weighted by atomic mass is 19.4. The predicted molar refractivity (Wildman–Crippen MR) is 41.6 cm³/mol. The van der Waals surface area contributed by atoms with Crippen molar-refractivity contribution >= 4 is 0 Å². The van der Waals surface area contributed by atoms with E-state index in [2.05, 4.69) is 9.72 Å². The molecule has 80 valence electrons. The molecule has 0 aliphatic rings. The van der Waals surface area contributed by atoms with Gasteiger partial charge in [-0.05, 0) is 12.1 Å². The van der Waals surface area contributed by atoms with Crippen molar-refractivity contribution in [3.05, 3.63) is 23.5 Å². The number of alkyl halides is 3. The van der Waals surface area contributed by atoms with Gasteiger partial charge >= 0.3 is 6.36 Å². The topological polar surface area (TPSA) is 66.1 Å². The summed E-state index contributed by atoms with van der Waals surface area (Å²) in [6.45, 7) is -0.735. The van der Waals surface area contributed by atoms with Crippen molar-refractivity contribution in [1.29, 1.82) is 5.26 Å². The van der Waals surface area contributed by atoms with Gasteiger partial charge in [0.05, 0.1) is 6.61 Å². The lowest BCUT2D eigenvalue weighted by Crippen LogP contribution is -2.18. The molecule has 0 aromatic carbocycles. The number of aliphatic hydroxyl groups excluding tert-OH is 1. The Morgan fingerprint density at radius 2 is 2.13 bits per heavy atom. The van der Waals surface area contributed by atoms with Gasteiger partial charge in [0, 0.05) is 0 Å². The third-order valence-electron chi connectivity index (χ3n) is 1.42. The van der Waals surface area contributed by atoms with Crippen LogP contribution in [0.15, 0.2) is 12.1 Å². The van der Waals surface area contributed by atoms with Gasteiger partial charge < -0.3 is 9.84 Å². The van der Waals surface area contributed by atoms with Crippen molar-refractivity contribution in [3.63, 3.8) is 0 Å². The molecule has 1 rings (SSSR count). The first-order chi connectivity index (χ1) is 6.96. The molecule has 0 amide bonds. The number of halogens is 3. The van der Waals surface area contributed by atoms with Crippen LogP contribution in [-0.2, 0) is 6.61 Å². The minimum absolute atomic E-state index is 0.0893. The zero-order valence-corrected chi connectivity index (χ0v) is 7.25.